The van der Waals surface area contributed by atoms with Crippen LogP contribution in [0.2, 0.25) is 0 Å². The van der Waals surface area contributed by atoms with Crippen LogP contribution in [0.5, 0.6) is 0 Å². The second-order valence-corrected chi connectivity index (χ2v) is 5.76. The van der Waals surface area contributed by atoms with Gasteiger partial charge in [0.1, 0.15) is 5.82 Å². The Morgan fingerprint density at radius 3 is 2.47 bits per heavy atom. The summed E-state index contributed by atoms with van der Waals surface area (Å²) in [5, 5.41) is 6.86. The van der Waals surface area contributed by atoms with E-state index in [4.69, 9.17) is 0 Å². The zero-order valence-electron chi connectivity index (χ0n) is 10.9. The fraction of sp³-hybridized carbons (Fsp3) is 0.750. The van der Waals surface area contributed by atoms with Gasteiger partial charge in [0.2, 0.25) is 5.82 Å². The predicted molar refractivity (Wildman–Crippen MR) is 64.8 cm³/mol. The summed E-state index contributed by atoms with van der Waals surface area (Å²) < 4.78 is 0. The van der Waals surface area contributed by atoms with Crippen LogP contribution in [0, 0.1) is 0 Å². The standard InChI is InChI=1S/C12H20N4O/c1-12(2,3)11-13-9(14-15-11)10(17)16(4)8-6-5-7-8/h8H,5-7H2,1-4H3,(H,13,14,15). The van der Waals surface area contributed by atoms with Gasteiger partial charge in [0.15, 0.2) is 0 Å². The van der Waals surface area contributed by atoms with E-state index in [1.54, 1.807) is 4.90 Å². The molecule has 0 radical (unpaired) electrons. The molecule has 1 saturated carbocycles. The lowest BCUT2D eigenvalue weighted by Gasteiger charge is -2.33. The van der Waals surface area contributed by atoms with Gasteiger partial charge in [-0.1, -0.05) is 20.8 Å². The van der Waals surface area contributed by atoms with Crippen molar-refractivity contribution in [2.45, 2.75) is 51.5 Å². The molecule has 5 nitrogen and oxygen atoms in total. The molecule has 0 bridgehead atoms. The fourth-order valence-corrected chi connectivity index (χ4v) is 1.79. The molecule has 5 heteroatoms. The van der Waals surface area contributed by atoms with Crippen molar-refractivity contribution in [3.05, 3.63) is 11.6 Å². The maximum absolute atomic E-state index is 12.1. The average molecular weight is 236 g/mol. The largest absolute Gasteiger partial charge is 0.336 e. The number of aromatic amines is 1. The summed E-state index contributed by atoms with van der Waals surface area (Å²) in [6.45, 7) is 6.12. The summed E-state index contributed by atoms with van der Waals surface area (Å²) in [4.78, 5) is 18.1. The highest BCUT2D eigenvalue weighted by molar-refractivity contribution is 5.90. The molecule has 1 amide bonds. The second-order valence-electron chi connectivity index (χ2n) is 5.76. The summed E-state index contributed by atoms with van der Waals surface area (Å²) in [7, 11) is 1.83. The van der Waals surface area contributed by atoms with Gasteiger partial charge in [-0.3, -0.25) is 9.89 Å². The van der Waals surface area contributed by atoms with Crippen molar-refractivity contribution in [2.24, 2.45) is 0 Å². The first-order valence-electron chi connectivity index (χ1n) is 6.09. The van der Waals surface area contributed by atoms with Crippen LogP contribution in [-0.2, 0) is 5.41 Å². The van der Waals surface area contributed by atoms with E-state index in [2.05, 4.69) is 15.2 Å². The number of amides is 1. The van der Waals surface area contributed by atoms with Crippen LogP contribution in [0.4, 0.5) is 0 Å². The van der Waals surface area contributed by atoms with E-state index >= 15 is 0 Å². The number of carbonyl (C=O) groups excluding carboxylic acids is 1. The van der Waals surface area contributed by atoms with Crippen molar-refractivity contribution < 1.29 is 4.79 Å². The Morgan fingerprint density at radius 1 is 1.41 bits per heavy atom. The third-order valence-corrected chi connectivity index (χ3v) is 3.33. The lowest BCUT2D eigenvalue weighted by Crippen LogP contribution is -2.41. The van der Waals surface area contributed by atoms with Crippen LogP contribution in [0.3, 0.4) is 0 Å². The SMILES string of the molecule is CN(C(=O)c1n[nH]c(C(C)(C)C)n1)C1CCC1. The van der Waals surface area contributed by atoms with Crippen LogP contribution < -0.4 is 0 Å². The van der Waals surface area contributed by atoms with Crippen molar-refractivity contribution in [1.82, 2.24) is 20.1 Å². The molecule has 0 saturated heterocycles. The van der Waals surface area contributed by atoms with Crippen molar-refractivity contribution in [3.63, 3.8) is 0 Å². The molecule has 17 heavy (non-hydrogen) atoms. The van der Waals surface area contributed by atoms with Gasteiger partial charge in [0.05, 0.1) is 0 Å². The Hall–Kier alpha value is -1.39. The summed E-state index contributed by atoms with van der Waals surface area (Å²) in [6, 6.07) is 0.374. The van der Waals surface area contributed by atoms with Gasteiger partial charge in [-0.05, 0) is 19.3 Å². The molecular formula is C12H20N4O. The first-order chi connectivity index (χ1) is 7.89. The van der Waals surface area contributed by atoms with Crippen molar-refractivity contribution in [2.75, 3.05) is 7.05 Å². The van der Waals surface area contributed by atoms with Crippen molar-refractivity contribution in [3.8, 4) is 0 Å². The quantitative estimate of drug-likeness (QED) is 0.850. The summed E-state index contributed by atoms with van der Waals surface area (Å²) >= 11 is 0. The minimum atomic E-state index is -0.111. The van der Waals surface area contributed by atoms with Crippen LogP contribution in [-0.4, -0.2) is 39.1 Å². The van der Waals surface area contributed by atoms with Crippen LogP contribution in [0.25, 0.3) is 0 Å². The van der Waals surface area contributed by atoms with Gasteiger partial charge >= 0.3 is 0 Å². The number of nitrogens with zero attached hydrogens (tertiary/aromatic N) is 3. The number of H-pyrrole nitrogens is 1. The first-order valence-corrected chi connectivity index (χ1v) is 6.09. The Balaban J connectivity index is 2.11. The van der Waals surface area contributed by atoms with Crippen molar-refractivity contribution in [1.29, 1.82) is 0 Å². The number of hydrogen-bond acceptors (Lipinski definition) is 3. The Bertz CT molecular complexity index is 414. The third kappa shape index (κ3) is 2.33. The fourth-order valence-electron chi connectivity index (χ4n) is 1.79. The summed E-state index contributed by atoms with van der Waals surface area (Å²) in [5.74, 6) is 0.952. The molecule has 1 aromatic heterocycles. The molecule has 1 aliphatic carbocycles. The molecule has 94 valence electrons. The number of carbonyl (C=O) groups is 1. The molecule has 1 aromatic rings. The van der Waals surface area contributed by atoms with E-state index in [9.17, 15) is 4.79 Å². The molecule has 0 atom stereocenters. The number of aromatic nitrogens is 3. The first kappa shape index (κ1) is 12.1. The second kappa shape index (κ2) is 4.13. The van der Waals surface area contributed by atoms with Gasteiger partial charge in [-0.15, -0.1) is 5.10 Å². The molecule has 2 rings (SSSR count). The maximum atomic E-state index is 12.1. The Morgan fingerprint density at radius 2 is 2.06 bits per heavy atom. The normalized spacial score (nSPS) is 16.7. The number of rotatable bonds is 2. The smallest absolute Gasteiger partial charge is 0.293 e. The highest BCUT2D eigenvalue weighted by atomic mass is 16.2. The van der Waals surface area contributed by atoms with Gasteiger partial charge < -0.3 is 4.90 Å². The molecule has 1 heterocycles. The Labute approximate surface area is 102 Å². The minimum absolute atomic E-state index is 0.0820. The van der Waals surface area contributed by atoms with Gasteiger partial charge in [-0.2, -0.15) is 0 Å². The van der Waals surface area contributed by atoms with Crippen LogP contribution in [0.1, 0.15) is 56.5 Å². The van der Waals surface area contributed by atoms with Gasteiger partial charge in [-0.25, -0.2) is 4.98 Å². The summed E-state index contributed by atoms with van der Waals surface area (Å²) in [6.07, 6.45) is 3.40. The van der Waals surface area contributed by atoms with E-state index in [1.165, 1.54) is 6.42 Å². The van der Waals surface area contributed by atoms with Crippen LogP contribution in [0.15, 0.2) is 0 Å². The third-order valence-electron chi connectivity index (χ3n) is 3.33. The zero-order chi connectivity index (χ0) is 12.6. The van der Waals surface area contributed by atoms with E-state index in [-0.39, 0.29) is 17.1 Å². The lowest BCUT2D eigenvalue weighted by atomic mass is 9.92. The van der Waals surface area contributed by atoms with Gasteiger partial charge in [0, 0.05) is 18.5 Å². The maximum Gasteiger partial charge on any atom is 0.293 e. The highest BCUT2D eigenvalue weighted by Crippen LogP contribution is 2.24. The van der Waals surface area contributed by atoms with E-state index in [1.807, 2.05) is 27.8 Å². The highest BCUT2D eigenvalue weighted by Gasteiger charge is 2.29. The Kier molecular flexibility index (Phi) is 2.93. The molecule has 0 aliphatic heterocycles. The molecule has 0 unspecified atom stereocenters. The molecule has 1 fully saturated rings. The van der Waals surface area contributed by atoms with E-state index < -0.39 is 0 Å². The van der Waals surface area contributed by atoms with E-state index in [0.717, 1.165) is 18.7 Å². The average Bonchev–Trinajstić information content (AvgIpc) is 2.61. The minimum Gasteiger partial charge on any atom is -0.336 e. The molecule has 0 aromatic carbocycles. The molecular weight excluding hydrogens is 216 g/mol. The van der Waals surface area contributed by atoms with Crippen LogP contribution >= 0.6 is 0 Å². The molecule has 1 N–H and O–H groups in total. The van der Waals surface area contributed by atoms with E-state index in [0.29, 0.717) is 6.04 Å². The zero-order valence-corrected chi connectivity index (χ0v) is 10.9. The van der Waals surface area contributed by atoms with Crippen molar-refractivity contribution >= 4 is 5.91 Å². The molecule has 1 aliphatic rings. The predicted octanol–water partition coefficient (Wildman–Crippen LogP) is 1.73. The summed E-state index contributed by atoms with van der Waals surface area (Å²) in [5.41, 5.74) is -0.111. The lowest BCUT2D eigenvalue weighted by molar-refractivity contribution is 0.0640. The molecule has 0 spiro atoms. The topological polar surface area (TPSA) is 61.9 Å². The number of nitrogens with one attached hydrogen (secondary N) is 1. The van der Waals surface area contributed by atoms with Gasteiger partial charge in [0.25, 0.3) is 5.91 Å². The monoisotopic (exact) mass is 236 g/mol. The number of hydrogen-bond donors (Lipinski definition) is 1.